The van der Waals surface area contributed by atoms with Crippen LogP contribution in [0.15, 0.2) is 36.4 Å². The summed E-state index contributed by atoms with van der Waals surface area (Å²) in [6.45, 7) is 3.63. The summed E-state index contributed by atoms with van der Waals surface area (Å²) in [5.74, 6) is 1.17. The second kappa shape index (κ2) is 5.83. The maximum Gasteiger partial charge on any atom is 0.146 e. The number of aliphatic hydroxyl groups is 1. The van der Waals surface area contributed by atoms with Gasteiger partial charge in [0, 0.05) is 0 Å². The molecule has 2 aromatic rings. The fourth-order valence-electron chi connectivity index (χ4n) is 1.73. The lowest BCUT2D eigenvalue weighted by atomic mass is 10.1. The molecule has 4 heteroatoms. The standard InChI is InChI=1S/C15H14Cl2O2/c1-9-3-6-13(16)15(7-9)19-11-4-5-12(10(2)18)14(17)8-11/h3-8,10,18H,1-2H3. The summed E-state index contributed by atoms with van der Waals surface area (Å²) in [4.78, 5) is 0. The minimum absolute atomic E-state index is 0.469. The van der Waals surface area contributed by atoms with Crippen LogP contribution in [0.1, 0.15) is 24.2 Å². The van der Waals surface area contributed by atoms with E-state index < -0.39 is 6.10 Å². The zero-order chi connectivity index (χ0) is 14.0. The molecule has 2 aromatic carbocycles. The first-order chi connectivity index (χ1) is 8.97. The fraction of sp³-hybridized carbons (Fsp3) is 0.200. The Kier molecular flexibility index (Phi) is 4.35. The molecule has 2 nitrogen and oxygen atoms in total. The van der Waals surface area contributed by atoms with Crippen molar-refractivity contribution in [3.05, 3.63) is 57.6 Å². The van der Waals surface area contributed by atoms with Crippen molar-refractivity contribution in [3.8, 4) is 11.5 Å². The van der Waals surface area contributed by atoms with E-state index >= 15 is 0 Å². The van der Waals surface area contributed by atoms with E-state index in [-0.39, 0.29) is 0 Å². The van der Waals surface area contributed by atoms with Crippen molar-refractivity contribution < 1.29 is 9.84 Å². The van der Waals surface area contributed by atoms with E-state index in [1.807, 2.05) is 19.1 Å². The zero-order valence-electron chi connectivity index (χ0n) is 10.7. The summed E-state index contributed by atoms with van der Waals surface area (Å²) in [7, 11) is 0. The third kappa shape index (κ3) is 3.41. The molecule has 19 heavy (non-hydrogen) atoms. The average Bonchev–Trinajstić information content (AvgIpc) is 2.33. The zero-order valence-corrected chi connectivity index (χ0v) is 12.2. The highest BCUT2D eigenvalue weighted by Crippen LogP contribution is 2.33. The minimum Gasteiger partial charge on any atom is -0.456 e. The van der Waals surface area contributed by atoms with Gasteiger partial charge in [0.05, 0.1) is 16.1 Å². The van der Waals surface area contributed by atoms with Crippen LogP contribution in [0.5, 0.6) is 11.5 Å². The molecular weight excluding hydrogens is 283 g/mol. The van der Waals surface area contributed by atoms with Crippen LogP contribution in [0.3, 0.4) is 0 Å². The third-order valence-corrected chi connectivity index (χ3v) is 3.38. The highest BCUT2D eigenvalue weighted by atomic mass is 35.5. The minimum atomic E-state index is -0.607. The Morgan fingerprint density at radius 2 is 1.79 bits per heavy atom. The van der Waals surface area contributed by atoms with Gasteiger partial charge in [0.2, 0.25) is 0 Å². The van der Waals surface area contributed by atoms with Gasteiger partial charge < -0.3 is 9.84 Å². The Bertz CT molecular complexity index is 595. The number of aryl methyl sites for hydroxylation is 1. The molecule has 1 atom stereocenters. The van der Waals surface area contributed by atoms with Crippen LogP contribution in [0, 0.1) is 6.92 Å². The molecule has 0 amide bonds. The molecule has 1 unspecified atom stereocenters. The lowest BCUT2D eigenvalue weighted by Gasteiger charge is -2.11. The molecule has 0 aromatic heterocycles. The topological polar surface area (TPSA) is 29.5 Å². The van der Waals surface area contributed by atoms with Gasteiger partial charge in [0.15, 0.2) is 0 Å². The van der Waals surface area contributed by atoms with Gasteiger partial charge >= 0.3 is 0 Å². The lowest BCUT2D eigenvalue weighted by Crippen LogP contribution is -1.93. The fourth-order valence-corrected chi connectivity index (χ4v) is 2.21. The molecule has 0 bridgehead atoms. The summed E-state index contributed by atoms with van der Waals surface area (Å²) < 4.78 is 5.71. The number of benzene rings is 2. The maximum absolute atomic E-state index is 9.52. The Balaban J connectivity index is 2.29. The second-order valence-electron chi connectivity index (χ2n) is 4.40. The number of hydrogen-bond donors (Lipinski definition) is 1. The van der Waals surface area contributed by atoms with Gasteiger partial charge in [-0.25, -0.2) is 0 Å². The SMILES string of the molecule is Cc1ccc(Cl)c(Oc2ccc(C(C)O)c(Cl)c2)c1. The first-order valence-corrected chi connectivity index (χ1v) is 6.64. The van der Waals surface area contributed by atoms with Crippen LogP contribution in [-0.4, -0.2) is 5.11 Å². The highest BCUT2D eigenvalue weighted by molar-refractivity contribution is 6.32. The van der Waals surface area contributed by atoms with E-state index in [4.69, 9.17) is 27.9 Å². The molecule has 1 N–H and O–H groups in total. The van der Waals surface area contributed by atoms with Gasteiger partial charge in [-0.2, -0.15) is 0 Å². The summed E-state index contributed by atoms with van der Waals surface area (Å²) in [6, 6.07) is 10.7. The molecular formula is C15H14Cl2O2. The van der Waals surface area contributed by atoms with E-state index in [1.54, 1.807) is 31.2 Å². The van der Waals surface area contributed by atoms with Crippen molar-refractivity contribution >= 4 is 23.2 Å². The smallest absolute Gasteiger partial charge is 0.146 e. The van der Waals surface area contributed by atoms with Crippen LogP contribution in [0.4, 0.5) is 0 Å². The summed E-state index contributed by atoms with van der Waals surface area (Å²) in [5.41, 5.74) is 1.73. The quantitative estimate of drug-likeness (QED) is 0.849. The predicted octanol–water partition coefficient (Wildman–Crippen LogP) is 5.15. The van der Waals surface area contributed by atoms with Crippen LogP contribution in [0.25, 0.3) is 0 Å². The van der Waals surface area contributed by atoms with Crippen molar-refractivity contribution in [1.29, 1.82) is 0 Å². The molecule has 0 saturated carbocycles. The number of halogens is 2. The Hall–Kier alpha value is -1.22. The first-order valence-electron chi connectivity index (χ1n) is 5.89. The summed E-state index contributed by atoms with van der Waals surface area (Å²) in [6.07, 6.45) is -0.607. The first kappa shape index (κ1) is 14.2. The molecule has 0 heterocycles. The van der Waals surface area contributed by atoms with E-state index in [2.05, 4.69) is 0 Å². The molecule has 0 spiro atoms. The molecule has 2 rings (SSSR count). The lowest BCUT2D eigenvalue weighted by molar-refractivity contribution is 0.199. The Labute approximate surface area is 122 Å². The third-order valence-electron chi connectivity index (χ3n) is 2.74. The number of aliphatic hydroxyl groups excluding tert-OH is 1. The van der Waals surface area contributed by atoms with Gasteiger partial charge in [-0.05, 0) is 49.2 Å². The van der Waals surface area contributed by atoms with Crippen molar-refractivity contribution in [2.75, 3.05) is 0 Å². The van der Waals surface area contributed by atoms with Gasteiger partial charge in [-0.15, -0.1) is 0 Å². The molecule has 0 saturated heterocycles. The van der Waals surface area contributed by atoms with Crippen molar-refractivity contribution in [3.63, 3.8) is 0 Å². The molecule has 0 radical (unpaired) electrons. The molecule has 0 aliphatic heterocycles. The van der Waals surface area contributed by atoms with Crippen LogP contribution in [-0.2, 0) is 0 Å². The van der Waals surface area contributed by atoms with Crippen molar-refractivity contribution in [2.24, 2.45) is 0 Å². The van der Waals surface area contributed by atoms with Gasteiger partial charge in [0.25, 0.3) is 0 Å². The maximum atomic E-state index is 9.52. The normalized spacial score (nSPS) is 12.3. The number of hydrogen-bond acceptors (Lipinski definition) is 2. The predicted molar refractivity (Wildman–Crippen MR) is 78.3 cm³/mol. The van der Waals surface area contributed by atoms with E-state index in [9.17, 15) is 5.11 Å². The molecule has 0 fully saturated rings. The molecule has 0 aliphatic rings. The summed E-state index contributed by atoms with van der Waals surface area (Å²) in [5, 5.41) is 10.5. The highest BCUT2D eigenvalue weighted by Gasteiger charge is 2.09. The van der Waals surface area contributed by atoms with Gasteiger partial charge in [0.1, 0.15) is 11.5 Å². The van der Waals surface area contributed by atoms with Crippen LogP contribution >= 0.6 is 23.2 Å². The van der Waals surface area contributed by atoms with Crippen LogP contribution < -0.4 is 4.74 Å². The average molecular weight is 297 g/mol. The Morgan fingerprint density at radius 1 is 1.05 bits per heavy atom. The Morgan fingerprint density at radius 3 is 2.42 bits per heavy atom. The summed E-state index contributed by atoms with van der Waals surface area (Å²) >= 11 is 12.2. The van der Waals surface area contributed by atoms with Crippen molar-refractivity contribution in [2.45, 2.75) is 20.0 Å². The van der Waals surface area contributed by atoms with Crippen LogP contribution in [0.2, 0.25) is 10.0 Å². The van der Waals surface area contributed by atoms with Crippen molar-refractivity contribution in [1.82, 2.24) is 0 Å². The van der Waals surface area contributed by atoms with E-state index in [1.165, 1.54) is 0 Å². The van der Waals surface area contributed by atoms with E-state index in [0.29, 0.717) is 27.1 Å². The molecule has 100 valence electrons. The monoisotopic (exact) mass is 296 g/mol. The number of ether oxygens (including phenoxy) is 1. The second-order valence-corrected chi connectivity index (χ2v) is 5.21. The van der Waals surface area contributed by atoms with Gasteiger partial charge in [-0.3, -0.25) is 0 Å². The molecule has 0 aliphatic carbocycles. The van der Waals surface area contributed by atoms with Gasteiger partial charge in [-0.1, -0.05) is 35.3 Å². The largest absolute Gasteiger partial charge is 0.456 e. The van der Waals surface area contributed by atoms with E-state index in [0.717, 1.165) is 5.56 Å². The number of rotatable bonds is 3.